The van der Waals surface area contributed by atoms with Crippen LogP contribution in [0.5, 0.6) is 0 Å². The Kier molecular flexibility index (Phi) is 2.87. The fraction of sp³-hybridized carbons (Fsp3) is 0.364. The van der Waals surface area contributed by atoms with Crippen LogP contribution in [0.4, 0.5) is 0 Å². The number of aromatic carboxylic acids is 1. The van der Waals surface area contributed by atoms with Crippen LogP contribution in [-0.2, 0) is 6.42 Å². The fourth-order valence-electron chi connectivity index (χ4n) is 1.52. The van der Waals surface area contributed by atoms with E-state index in [4.69, 9.17) is 5.11 Å². The van der Waals surface area contributed by atoms with Crippen LogP contribution in [0.25, 0.3) is 10.2 Å². The minimum absolute atomic E-state index is 0.113. The quantitative estimate of drug-likeness (QED) is 0.889. The number of nitrogens with zero attached hydrogens (tertiary/aromatic N) is 2. The number of rotatable bonds is 3. The first-order valence-electron chi connectivity index (χ1n) is 5.05. The summed E-state index contributed by atoms with van der Waals surface area (Å²) in [4.78, 5) is 20.3. The number of fused-ring (bicyclic) bond motifs is 1. The van der Waals surface area contributed by atoms with Gasteiger partial charge in [0, 0.05) is 11.8 Å². The molecular weight excluding hydrogens is 224 g/mol. The van der Waals surface area contributed by atoms with Gasteiger partial charge in [0.25, 0.3) is 0 Å². The fourth-order valence-corrected chi connectivity index (χ4v) is 2.30. The molecule has 2 aromatic rings. The lowest BCUT2D eigenvalue weighted by Gasteiger charge is -2.04. The molecule has 0 unspecified atom stereocenters. The zero-order chi connectivity index (χ0) is 11.7. The van der Waals surface area contributed by atoms with Crippen LogP contribution in [0.2, 0.25) is 0 Å². The monoisotopic (exact) mass is 236 g/mol. The number of aromatic nitrogens is 2. The highest BCUT2D eigenvalue weighted by Gasteiger charge is 2.14. The van der Waals surface area contributed by atoms with E-state index in [1.54, 1.807) is 6.07 Å². The van der Waals surface area contributed by atoms with Gasteiger partial charge in [-0.1, -0.05) is 13.8 Å². The van der Waals surface area contributed by atoms with Crippen molar-refractivity contribution in [1.82, 2.24) is 9.97 Å². The van der Waals surface area contributed by atoms with E-state index in [9.17, 15) is 4.79 Å². The largest absolute Gasteiger partial charge is 0.476 e. The van der Waals surface area contributed by atoms with Crippen LogP contribution in [-0.4, -0.2) is 21.0 Å². The standard InChI is InChI=1S/C11H12N2O2S/c1-6(2)5-8-12-9(11(14)15)7-3-4-16-10(7)13-8/h3-4,6H,5H2,1-2H3,(H,14,15). The van der Waals surface area contributed by atoms with Crippen molar-refractivity contribution in [2.75, 3.05) is 0 Å². The molecule has 0 fully saturated rings. The van der Waals surface area contributed by atoms with Crippen LogP contribution in [0.15, 0.2) is 11.4 Å². The zero-order valence-corrected chi connectivity index (χ0v) is 9.91. The molecule has 2 rings (SSSR count). The van der Waals surface area contributed by atoms with Crippen molar-refractivity contribution in [3.8, 4) is 0 Å². The molecule has 84 valence electrons. The van der Waals surface area contributed by atoms with E-state index in [0.29, 0.717) is 23.5 Å². The molecule has 0 aliphatic carbocycles. The Morgan fingerprint density at radius 1 is 1.50 bits per heavy atom. The Morgan fingerprint density at radius 3 is 2.88 bits per heavy atom. The van der Waals surface area contributed by atoms with Crippen LogP contribution < -0.4 is 0 Å². The van der Waals surface area contributed by atoms with Crippen LogP contribution in [0, 0.1) is 5.92 Å². The molecule has 0 atom stereocenters. The van der Waals surface area contributed by atoms with Gasteiger partial charge in [-0.2, -0.15) is 0 Å². The van der Waals surface area contributed by atoms with Gasteiger partial charge in [0.1, 0.15) is 10.7 Å². The molecular formula is C11H12N2O2S. The van der Waals surface area contributed by atoms with Crippen molar-refractivity contribution in [2.24, 2.45) is 5.92 Å². The molecule has 0 amide bonds. The molecule has 0 bridgehead atoms. The maximum atomic E-state index is 11.1. The topological polar surface area (TPSA) is 63.1 Å². The van der Waals surface area contributed by atoms with Crippen molar-refractivity contribution < 1.29 is 9.90 Å². The van der Waals surface area contributed by atoms with Crippen molar-refractivity contribution in [3.05, 3.63) is 23.0 Å². The van der Waals surface area contributed by atoms with Crippen molar-refractivity contribution in [3.63, 3.8) is 0 Å². The van der Waals surface area contributed by atoms with Crippen LogP contribution in [0.1, 0.15) is 30.2 Å². The van der Waals surface area contributed by atoms with Gasteiger partial charge < -0.3 is 5.11 Å². The summed E-state index contributed by atoms with van der Waals surface area (Å²) >= 11 is 1.45. The Labute approximate surface area is 97.0 Å². The number of carboxylic acid groups (broad SMARTS) is 1. The lowest BCUT2D eigenvalue weighted by Crippen LogP contribution is -2.07. The summed E-state index contributed by atoms with van der Waals surface area (Å²) in [5.74, 6) is 0.0391. The predicted octanol–water partition coefficient (Wildman–Crippen LogP) is 2.59. The molecule has 5 heteroatoms. The molecule has 1 N–H and O–H groups in total. The summed E-state index contributed by atoms with van der Waals surface area (Å²) < 4.78 is 0. The van der Waals surface area contributed by atoms with Crippen molar-refractivity contribution >= 4 is 27.5 Å². The molecule has 16 heavy (non-hydrogen) atoms. The van der Waals surface area contributed by atoms with Gasteiger partial charge in [-0.05, 0) is 17.4 Å². The molecule has 0 aliphatic rings. The second-order valence-corrected chi connectivity index (χ2v) is 4.93. The number of carbonyl (C=O) groups is 1. The summed E-state index contributed by atoms with van der Waals surface area (Å²) in [6, 6.07) is 1.75. The second kappa shape index (κ2) is 4.17. The SMILES string of the molecule is CC(C)Cc1nc(C(=O)O)c2ccsc2n1. The molecule has 0 saturated heterocycles. The third-order valence-electron chi connectivity index (χ3n) is 2.16. The lowest BCUT2D eigenvalue weighted by molar-refractivity contribution is 0.0692. The van der Waals surface area contributed by atoms with Gasteiger partial charge in [-0.25, -0.2) is 14.8 Å². The summed E-state index contributed by atoms with van der Waals surface area (Å²) in [6.07, 6.45) is 0.703. The number of hydrogen-bond donors (Lipinski definition) is 1. The van der Waals surface area contributed by atoms with E-state index in [1.165, 1.54) is 11.3 Å². The van der Waals surface area contributed by atoms with E-state index >= 15 is 0 Å². The Morgan fingerprint density at radius 2 is 2.25 bits per heavy atom. The minimum Gasteiger partial charge on any atom is -0.476 e. The maximum Gasteiger partial charge on any atom is 0.355 e. The Balaban J connectivity index is 2.57. The van der Waals surface area contributed by atoms with Crippen molar-refractivity contribution in [1.29, 1.82) is 0 Å². The molecule has 0 aliphatic heterocycles. The molecule has 2 aromatic heterocycles. The summed E-state index contributed by atoms with van der Waals surface area (Å²) in [5, 5.41) is 11.5. The van der Waals surface area contributed by atoms with E-state index in [2.05, 4.69) is 23.8 Å². The first-order valence-corrected chi connectivity index (χ1v) is 5.93. The highest BCUT2D eigenvalue weighted by Crippen LogP contribution is 2.22. The zero-order valence-electron chi connectivity index (χ0n) is 9.10. The predicted molar refractivity (Wildman–Crippen MR) is 62.9 cm³/mol. The van der Waals surface area contributed by atoms with Crippen LogP contribution in [0.3, 0.4) is 0 Å². The molecule has 0 radical (unpaired) electrons. The van der Waals surface area contributed by atoms with E-state index < -0.39 is 5.97 Å². The van der Waals surface area contributed by atoms with Gasteiger partial charge in [-0.15, -0.1) is 11.3 Å². The first-order chi connectivity index (χ1) is 7.58. The highest BCUT2D eigenvalue weighted by molar-refractivity contribution is 7.16. The van der Waals surface area contributed by atoms with Gasteiger partial charge in [0.05, 0.1) is 0 Å². The van der Waals surface area contributed by atoms with Gasteiger partial charge in [0.15, 0.2) is 5.69 Å². The van der Waals surface area contributed by atoms with E-state index in [1.807, 2.05) is 5.38 Å². The van der Waals surface area contributed by atoms with Crippen LogP contribution >= 0.6 is 11.3 Å². The minimum atomic E-state index is -0.990. The normalized spacial score (nSPS) is 11.2. The average Bonchev–Trinajstić information content (AvgIpc) is 2.62. The molecule has 2 heterocycles. The molecule has 0 aromatic carbocycles. The highest BCUT2D eigenvalue weighted by atomic mass is 32.1. The first kappa shape index (κ1) is 11.0. The van der Waals surface area contributed by atoms with Crippen molar-refractivity contribution in [2.45, 2.75) is 20.3 Å². The Hall–Kier alpha value is -1.49. The van der Waals surface area contributed by atoms with E-state index in [0.717, 1.165) is 4.83 Å². The maximum absolute atomic E-state index is 11.1. The second-order valence-electron chi connectivity index (χ2n) is 4.03. The number of hydrogen-bond acceptors (Lipinski definition) is 4. The van der Waals surface area contributed by atoms with Gasteiger partial charge in [0.2, 0.25) is 0 Å². The molecule has 0 spiro atoms. The molecule has 4 nitrogen and oxygen atoms in total. The van der Waals surface area contributed by atoms with E-state index in [-0.39, 0.29) is 5.69 Å². The van der Waals surface area contributed by atoms with Gasteiger partial charge >= 0.3 is 5.97 Å². The smallest absolute Gasteiger partial charge is 0.355 e. The summed E-state index contributed by atoms with van der Waals surface area (Å²) in [6.45, 7) is 4.12. The lowest BCUT2D eigenvalue weighted by atomic mass is 10.1. The average molecular weight is 236 g/mol. The third kappa shape index (κ3) is 2.04. The Bertz CT molecular complexity index is 534. The summed E-state index contributed by atoms with van der Waals surface area (Å²) in [5.41, 5.74) is 0.113. The summed E-state index contributed by atoms with van der Waals surface area (Å²) in [7, 11) is 0. The van der Waals surface area contributed by atoms with Gasteiger partial charge in [-0.3, -0.25) is 0 Å². The third-order valence-corrected chi connectivity index (χ3v) is 2.97. The molecule has 0 saturated carbocycles. The number of thiophene rings is 1. The number of carboxylic acids is 1.